The first-order chi connectivity index (χ1) is 10.3. The Morgan fingerprint density at radius 2 is 1.95 bits per heavy atom. The molecule has 112 valence electrons. The van der Waals surface area contributed by atoms with Crippen LogP contribution >= 0.6 is 0 Å². The monoisotopic (exact) mass is 285 g/mol. The summed E-state index contributed by atoms with van der Waals surface area (Å²) < 4.78 is 5.21. The van der Waals surface area contributed by atoms with Crippen LogP contribution in [0.3, 0.4) is 0 Å². The fourth-order valence-corrected chi connectivity index (χ4v) is 3.65. The zero-order valence-corrected chi connectivity index (χ0v) is 12.7. The molecule has 1 aromatic carbocycles. The number of methoxy groups -OCH3 is 1. The normalized spacial score (nSPS) is 22.0. The average molecular weight is 285 g/mol. The lowest BCUT2D eigenvalue weighted by Crippen LogP contribution is -2.42. The zero-order chi connectivity index (χ0) is 14.7. The van der Waals surface area contributed by atoms with Crippen molar-refractivity contribution in [1.29, 1.82) is 0 Å². The SMILES string of the molecule is COc1ccc(CC2C3=C(CCCC3)CCN2C=O)cc1. The van der Waals surface area contributed by atoms with Crippen LogP contribution in [-0.4, -0.2) is 31.0 Å². The Labute approximate surface area is 126 Å². The summed E-state index contributed by atoms with van der Waals surface area (Å²) in [5.74, 6) is 0.882. The summed E-state index contributed by atoms with van der Waals surface area (Å²) in [6.45, 7) is 0.878. The highest BCUT2D eigenvalue weighted by Crippen LogP contribution is 2.35. The summed E-state index contributed by atoms with van der Waals surface area (Å²) in [5.41, 5.74) is 4.43. The Morgan fingerprint density at radius 3 is 2.67 bits per heavy atom. The molecule has 1 atom stereocenters. The first-order valence-corrected chi connectivity index (χ1v) is 7.86. The predicted molar refractivity (Wildman–Crippen MR) is 83.4 cm³/mol. The smallest absolute Gasteiger partial charge is 0.210 e. The van der Waals surface area contributed by atoms with Gasteiger partial charge in [-0.05, 0) is 61.8 Å². The highest BCUT2D eigenvalue weighted by atomic mass is 16.5. The van der Waals surface area contributed by atoms with Gasteiger partial charge in [0, 0.05) is 6.54 Å². The molecule has 21 heavy (non-hydrogen) atoms. The maximum Gasteiger partial charge on any atom is 0.210 e. The minimum absolute atomic E-state index is 0.264. The summed E-state index contributed by atoms with van der Waals surface area (Å²) in [6, 6.07) is 8.48. The van der Waals surface area contributed by atoms with Crippen molar-refractivity contribution in [3.8, 4) is 5.75 Å². The van der Waals surface area contributed by atoms with Crippen molar-refractivity contribution in [3.63, 3.8) is 0 Å². The lowest BCUT2D eigenvalue weighted by Gasteiger charge is -2.39. The number of benzene rings is 1. The molecule has 0 spiro atoms. The number of carbonyl (C=O) groups is 1. The van der Waals surface area contributed by atoms with Gasteiger partial charge in [0.1, 0.15) is 5.75 Å². The average Bonchev–Trinajstić information content (AvgIpc) is 2.56. The highest BCUT2D eigenvalue weighted by Gasteiger charge is 2.29. The predicted octanol–water partition coefficient (Wildman–Crippen LogP) is 3.34. The van der Waals surface area contributed by atoms with Gasteiger partial charge in [0.05, 0.1) is 13.2 Å². The molecule has 3 nitrogen and oxygen atoms in total. The van der Waals surface area contributed by atoms with Crippen LogP contribution in [0, 0.1) is 0 Å². The molecule has 2 aliphatic rings. The molecule has 0 aromatic heterocycles. The number of amides is 1. The van der Waals surface area contributed by atoms with E-state index in [-0.39, 0.29) is 6.04 Å². The van der Waals surface area contributed by atoms with Crippen molar-refractivity contribution in [1.82, 2.24) is 4.90 Å². The van der Waals surface area contributed by atoms with Crippen molar-refractivity contribution < 1.29 is 9.53 Å². The summed E-state index contributed by atoms with van der Waals surface area (Å²) in [5, 5.41) is 0. The van der Waals surface area contributed by atoms with E-state index in [1.807, 2.05) is 17.0 Å². The third kappa shape index (κ3) is 2.97. The molecule has 0 saturated carbocycles. The van der Waals surface area contributed by atoms with Crippen molar-refractivity contribution in [2.45, 2.75) is 44.6 Å². The van der Waals surface area contributed by atoms with Gasteiger partial charge in [-0.2, -0.15) is 0 Å². The van der Waals surface area contributed by atoms with Gasteiger partial charge in [-0.15, -0.1) is 0 Å². The van der Waals surface area contributed by atoms with E-state index in [2.05, 4.69) is 12.1 Å². The lowest BCUT2D eigenvalue weighted by molar-refractivity contribution is -0.119. The first kappa shape index (κ1) is 14.2. The Morgan fingerprint density at radius 1 is 1.19 bits per heavy atom. The number of hydrogen-bond donors (Lipinski definition) is 0. The molecule has 0 N–H and O–H groups in total. The molecule has 0 bridgehead atoms. The van der Waals surface area contributed by atoms with Gasteiger partial charge in [0.2, 0.25) is 6.41 Å². The molecule has 3 heteroatoms. The van der Waals surface area contributed by atoms with E-state index >= 15 is 0 Å². The van der Waals surface area contributed by atoms with Crippen LogP contribution in [0.25, 0.3) is 0 Å². The Hall–Kier alpha value is -1.77. The summed E-state index contributed by atoms with van der Waals surface area (Å²) in [6.07, 6.45) is 8.02. The van der Waals surface area contributed by atoms with Crippen LogP contribution in [0.2, 0.25) is 0 Å². The van der Waals surface area contributed by atoms with Gasteiger partial charge in [-0.1, -0.05) is 17.7 Å². The first-order valence-electron chi connectivity index (χ1n) is 7.86. The highest BCUT2D eigenvalue weighted by molar-refractivity contribution is 5.51. The minimum atomic E-state index is 0.264. The minimum Gasteiger partial charge on any atom is -0.497 e. The molecule has 1 unspecified atom stereocenters. The number of carbonyl (C=O) groups excluding carboxylic acids is 1. The van der Waals surface area contributed by atoms with Gasteiger partial charge in [-0.3, -0.25) is 4.79 Å². The Bertz CT molecular complexity index is 533. The van der Waals surface area contributed by atoms with E-state index < -0.39 is 0 Å². The van der Waals surface area contributed by atoms with E-state index in [9.17, 15) is 4.79 Å². The van der Waals surface area contributed by atoms with Crippen molar-refractivity contribution in [2.24, 2.45) is 0 Å². The Kier molecular flexibility index (Phi) is 4.28. The van der Waals surface area contributed by atoms with Gasteiger partial charge in [-0.25, -0.2) is 0 Å². The molecule has 1 heterocycles. The zero-order valence-electron chi connectivity index (χ0n) is 12.7. The molecular formula is C18H23NO2. The maximum atomic E-state index is 11.4. The molecule has 1 aromatic rings. The summed E-state index contributed by atoms with van der Waals surface area (Å²) in [4.78, 5) is 13.4. The van der Waals surface area contributed by atoms with Crippen LogP contribution in [0.4, 0.5) is 0 Å². The standard InChI is InChI=1S/C18H23NO2/c1-21-16-8-6-14(7-9-16)12-18-17-5-3-2-4-15(17)10-11-19(18)13-20/h6-9,13,18H,2-5,10-12H2,1H3. The molecular weight excluding hydrogens is 262 g/mol. The van der Waals surface area contributed by atoms with Crippen LogP contribution in [0.1, 0.15) is 37.7 Å². The topological polar surface area (TPSA) is 29.5 Å². The van der Waals surface area contributed by atoms with E-state index in [1.54, 1.807) is 12.7 Å². The number of ether oxygens (including phenoxy) is 1. The van der Waals surface area contributed by atoms with Gasteiger partial charge >= 0.3 is 0 Å². The van der Waals surface area contributed by atoms with Crippen molar-refractivity contribution in [3.05, 3.63) is 41.0 Å². The second-order valence-electron chi connectivity index (χ2n) is 6.00. The molecule has 0 saturated heterocycles. The third-order valence-corrected chi connectivity index (χ3v) is 4.83. The molecule has 1 aliphatic heterocycles. The fourth-order valence-electron chi connectivity index (χ4n) is 3.65. The van der Waals surface area contributed by atoms with E-state index in [4.69, 9.17) is 4.74 Å². The van der Waals surface area contributed by atoms with E-state index in [0.717, 1.165) is 31.5 Å². The lowest BCUT2D eigenvalue weighted by atomic mass is 9.80. The van der Waals surface area contributed by atoms with Crippen LogP contribution in [-0.2, 0) is 11.2 Å². The van der Waals surface area contributed by atoms with Crippen LogP contribution in [0.15, 0.2) is 35.4 Å². The van der Waals surface area contributed by atoms with Crippen LogP contribution < -0.4 is 4.74 Å². The van der Waals surface area contributed by atoms with E-state index in [0.29, 0.717) is 0 Å². The van der Waals surface area contributed by atoms with Gasteiger partial charge in [0.25, 0.3) is 0 Å². The number of nitrogens with zero attached hydrogens (tertiary/aromatic N) is 1. The molecule has 1 aliphatic carbocycles. The van der Waals surface area contributed by atoms with Crippen LogP contribution in [0.5, 0.6) is 5.75 Å². The number of rotatable bonds is 4. The Balaban J connectivity index is 1.83. The summed E-state index contributed by atoms with van der Waals surface area (Å²) in [7, 11) is 1.68. The third-order valence-electron chi connectivity index (χ3n) is 4.83. The molecule has 0 radical (unpaired) electrons. The summed E-state index contributed by atoms with van der Waals surface area (Å²) >= 11 is 0. The second-order valence-corrected chi connectivity index (χ2v) is 6.00. The van der Waals surface area contributed by atoms with E-state index in [1.165, 1.54) is 36.8 Å². The fraction of sp³-hybridized carbons (Fsp3) is 0.500. The quantitative estimate of drug-likeness (QED) is 0.627. The number of hydrogen-bond acceptors (Lipinski definition) is 2. The van der Waals surface area contributed by atoms with Gasteiger partial charge < -0.3 is 9.64 Å². The largest absolute Gasteiger partial charge is 0.497 e. The molecule has 3 rings (SSSR count). The molecule has 1 amide bonds. The maximum absolute atomic E-state index is 11.4. The second kappa shape index (κ2) is 6.33. The van der Waals surface area contributed by atoms with Crippen molar-refractivity contribution in [2.75, 3.05) is 13.7 Å². The van der Waals surface area contributed by atoms with Crippen molar-refractivity contribution >= 4 is 6.41 Å². The molecule has 0 fully saturated rings. The van der Waals surface area contributed by atoms with Gasteiger partial charge in [0.15, 0.2) is 0 Å².